The third kappa shape index (κ3) is 8.51. The summed E-state index contributed by atoms with van der Waals surface area (Å²) in [5, 5.41) is 21.4. The Labute approximate surface area is 239 Å². The number of thioether (sulfide) groups is 1. The van der Waals surface area contributed by atoms with Crippen LogP contribution in [0.3, 0.4) is 0 Å². The van der Waals surface area contributed by atoms with Crippen LogP contribution in [0.4, 0.5) is 17.1 Å². The number of aromatic hydroxyl groups is 1. The van der Waals surface area contributed by atoms with Gasteiger partial charge in [-0.25, -0.2) is 5.43 Å². The number of para-hydroxylation sites is 1. The van der Waals surface area contributed by atoms with Gasteiger partial charge in [-0.1, -0.05) is 52.3 Å². The number of hydrogen-bond donors (Lipinski definition) is 4. The molecule has 4 rings (SSSR count). The Hall–Kier alpha value is -3.99. The molecule has 0 aliphatic rings. The maximum atomic E-state index is 12.6. The standard InChI is InChI=1S/C29H26BrN5O3S/c1-19-7-5-6-10-25(19)31-27(37)18-28(38)34-35-29(39-23-8-3-2-4-9-23)24-17-22(15-16-26(24)36)33-32-21-13-11-20(30)12-14-21/h2-17,29,35-36H,18H2,1H3,(H,31,37)(H,34,38)/t29-/m1/s1. The molecule has 0 heterocycles. The van der Waals surface area contributed by atoms with E-state index < -0.39 is 17.2 Å². The van der Waals surface area contributed by atoms with Gasteiger partial charge < -0.3 is 10.4 Å². The number of phenols is 1. The van der Waals surface area contributed by atoms with Crippen LogP contribution in [-0.2, 0) is 9.59 Å². The minimum atomic E-state index is -0.599. The van der Waals surface area contributed by atoms with Crippen LogP contribution in [0.15, 0.2) is 117 Å². The zero-order chi connectivity index (χ0) is 27.6. The second-order valence-corrected chi connectivity index (χ2v) is 10.6. The summed E-state index contributed by atoms with van der Waals surface area (Å²) in [6.45, 7) is 1.88. The summed E-state index contributed by atoms with van der Waals surface area (Å²) < 4.78 is 0.940. The topological polar surface area (TPSA) is 115 Å². The first kappa shape index (κ1) is 28.0. The molecule has 8 nitrogen and oxygen atoms in total. The van der Waals surface area contributed by atoms with Gasteiger partial charge in [-0.2, -0.15) is 10.2 Å². The number of hydrogen-bond acceptors (Lipinski definition) is 7. The van der Waals surface area contributed by atoms with Crippen molar-refractivity contribution in [1.29, 1.82) is 0 Å². The van der Waals surface area contributed by atoms with E-state index in [4.69, 9.17) is 0 Å². The van der Waals surface area contributed by atoms with Crippen molar-refractivity contribution in [2.75, 3.05) is 5.32 Å². The molecule has 0 fully saturated rings. The number of carbonyl (C=O) groups excluding carboxylic acids is 2. The molecule has 4 aromatic carbocycles. The predicted molar refractivity (Wildman–Crippen MR) is 157 cm³/mol. The van der Waals surface area contributed by atoms with Crippen molar-refractivity contribution in [1.82, 2.24) is 10.9 Å². The summed E-state index contributed by atoms with van der Waals surface area (Å²) >= 11 is 4.78. The number of nitrogens with zero attached hydrogens (tertiary/aromatic N) is 2. The van der Waals surface area contributed by atoms with Crippen LogP contribution in [0.5, 0.6) is 5.75 Å². The molecule has 0 aliphatic carbocycles. The fourth-order valence-electron chi connectivity index (χ4n) is 3.49. The number of nitrogens with one attached hydrogen (secondary N) is 3. The normalized spacial score (nSPS) is 11.7. The lowest BCUT2D eigenvalue weighted by atomic mass is 10.2. The van der Waals surface area contributed by atoms with Gasteiger partial charge in [-0.3, -0.25) is 15.0 Å². The summed E-state index contributed by atoms with van der Waals surface area (Å²) in [4.78, 5) is 25.9. The van der Waals surface area contributed by atoms with E-state index in [0.717, 1.165) is 14.9 Å². The summed E-state index contributed by atoms with van der Waals surface area (Å²) in [7, 11) is 0. The van der Waals surface area contributed by atoms with Crippen molar-refractivity contribution in [3.05, 3.63) is 113 Å². The van der Waals surface area contributed by atoms with Gasteiger partial charge in [0.05, 0.1) is 11.4 Å². The molecule has 0 aromatic heterocycles. The SMILES string of the molecule is Cc1ccccc1NC(=O)CC(=O)NN[C@H](Sc1ccccc1)c1cc(N=Nc2ccc(Br)cc2)ccc1O. The Balaban J connectivity index is 1.48. The number of azo groups is 1. The van der Waals surface area contributed by atoms with Crippen LogP contribution in [0, 0.1) is 6.92 Å². The lowest BCUT2D eigenvalue weighted by Crippen LogP contribution is -2.40. The van der Waals surface area contributed by atoms with Crippen molar-refractivity contribution in [3.8, 4) is 5.75 Å². The van der Waals surface area contributed by atoms with Gasteiger partial charge in [0, 0.05) is 20.6 Å². The predicted octanol–water partition coefficient (Wildman–Crippen LogP) is 7.32. The van der Waals surface area contributed by atoms with Gasteiger partial charge in [0.1, 0.15) is 17.5 Å². The molecule has 4 aromatic rings. The van der Waals surface area contributed by atoms with E-state index >= 15 is 0 Å². The molecular weight excluding hydrogens is 578 g/mol. The molecule has 0 bridgehead atoms. The summed E-state index contributed by atoms with van der Waals surface area (Å²) in [6.07, 6.45) is -0.377. The minimum Gasteiger partial charge on any atom is -0.508 e. The first-order valence-electron chi connectivity index (χ1n) is 12.0. The number of phenolic OH excluding ortho intramolecular Hbond substituents is 1. The first-order valence-corrected chi connectivity index (χ1v) is 13.7. The van der Waals surface area contributed by atoms with Crippen LogP contribution in [0.2, 0.25) is 0 Å². The Morgan fingerprint density at radius 1 is 0.872 bits per heavy atom. The molecule has 0 unspecified atom stereocenters. The molecule has 198 valence electrons. The van der Waals surface area contributed by atoms with Crippen molar-refractivity contribution >= 4 is 56.6 Å². The highest BCUT2D eigenvalue weighted by atomic mass is 79.9. The molecule has 0 radical (unpaired) electrons. The molecule has 0 spiro atoms. The Bertz CT molecular complexity index is 1470. The largest absolute Gasteiger partial charge is 0.508 e. The number of hydrazine groups is 1. The van der Waals surface area contributed by atoms with E-state index in [2.05, 4.69) is 42.3 Å². The number of aryl methyl sites for hydroxylation is 1. The molecule has 0 saturated heterocycles. The number of anilines is 1. The highest BCUT2D eigenvalue weighted by Gasteiger charge is 2.20. The second kappa shape index (κ2) is 13.7. The van der Waals surface area contributed by atoms with Crippen LogP contribution in [0.1, 0.15) is 22.9 Å². The Morgan fingerprint density at radius 2 is 1.54 bits per heavy atom. The number of benzene rings is 4. The summed E-state index contributed by atoms with van der Waals surface area (Å²) in [5.74, 6) is -0.940. The van der Waals surface area contributed by atoms with Crippen LogP contribution in [0.25, 0.3) is 0 Å². The Kier molecular flexibility index (Phi) is 9.85. The van der Waals surface area contributed by atoms with Gasteiger partial charge in [-0.05, 0) is 73.2 Å². The van der Waals surface area contributed by atoms with Gasteiger partial charge in [0.2, 0.25) is 11.8 Å². The Morgan fingerprint density at radius 3 is 2.28 bits per heavy atom. The van der Waals surface area contributed by atoms with Crippen LogP contribution in [-0.4, -0.2) is 16.9 Å². The average Bonchev–Trinajstić information content (AvgIpc) is 2.93. The molecule has 10 heteroatoms. The number of carbonyl (C=O) groups is 2. The summed E-state index contributed by atoms with van der Waals surface area (Å²) in [5.41, 5.74) is 8.80. The van der Waals surface area contributed by atoms with E-state index in [1.54, 1.807) is 18.2 Å². The lowest BCUT2D eigenvalue weighted by molar-refractivity contribution is -0.127. The van der Waals surface area contributed by atoms with Crippen molar-refractivity contribution in [2.45, 2.75) is 23.6 Å². The molecule has 4 N–H and O–H groups in total. The zero-order valence-corrected chi connectivity index (χ0v) is 23.4. The van der Waals surface area contributed by atoms with Crippen LogP contribution >= 0.6 is 27.7 Å². The van der Waals surface area contributed by atoms with E-state index in [1.807, 2.05) is 79.7 Å². The van der Waals surface area contributed by atoms with E-state index in [-0.39, 0.29) is 12.2 Å². The lowest BCUT2D eigenvalue weighted by Gasteiger charge is -2.20. The molecule has 0 aliphatic heterocycles. The highest BCUT2D eigenvalue weighted by molar-refractivity contribution is 9.10. The second-order valence-electron chi connectivity index (χ2n) is 8.46. The number of amides is 2. The number of rotatable bonds is 10. The van der Waals surface area contributed by atoms with Gasteiger partial charge in [-0.15, -0.1) is 11.8 Å². The third-order valence-electron chi connectivity index (χ3n) is 5.48. The maximum Gasteiger partial charge on any atom is 0.243 e. The monoisotopic (exact) mass is 603 g/mol. The fourth-order valence-corrected chi connectivity index (χ4v) is 4.77. The average molecular weight is 605 g/mol. The fraction of sp³-hybridized carbons (Fsp3) is 0.103. The molecule has 1 atom stereocenters. The molecule has 39 heavy (non-hydrogen) atoms. The van der Waals surface area contributed by atoms with E-state index in [9.17, 15) is 14.7 Å². The van der Waals surface area contributed by atoms with Crippen molar-refractivity contribution in [3.63, 3.8) is 0 Å². The van der Waals surface area contributed by atoms with Gasteiger partial charge >= 0.3 is 0 Å². The zero-order valence-electron chi connectivity index (χ0n) is 21.0. The summed E-state index contributed by atoms with van der Waals surface area (Å²) in [6, 6.07) is 29.2. The number of halogens is 1. The molecular formula is C29H26BrN5O3S. The van der Waals surface area contributed by atoms with Gasteiger partial charge in [0.25, 0.3) is 0 Å². The maximum absolute atomic E-state index is 12.6. The third-order valence-corrected chi connectivity index (χ3v) is 7.16. The minimum absolute atomic E-state index is 0.0186. The van der Waals surface area contributed by atoms with Crippen LogP contribution < -0.4 is 16.2 Å². The molecule has 2 amide bonds. The van der Waals surface area contributed by atoms with Crippen molar-refractivity contribution < 1.29 is 14.7 Å². The van der Waals surface area contributed by atoms with Gasteiger partial charge in [0.15, 0.2) is 0 Å². The highest BCUT2D eigenvalue weighted by Crippen LogP contribution is 2.38. The molecule has 0 saturated carbocycles. The quantitative estimate of drug-likeness (QED) is 0.0498. The smallest absolute Gasteiger partial charge is 0.243 e. The van der Waals surface area contributed by atoms with Crippen molar-refractivity contribution in [2.24, 2.45) is 10.2 Å². The van der Waals surface area contributed by atoms with E-state index in [1.165, 1.54) is 17.8 Å². The van der Waals surface area contributed by atoms with E-state index in [0.29, 0.717) is 22.6 Å². The first-order chi connectivity index (χ1) is 18.9.